The minimum absolute atomic E-state index is 0.0711. The van der Waals surface area contributed by atoms with Crippen LogP contribution >= 0.6 is 0 Å². The lowest BCUT2D eigenvalue weighted by molar-refractivity contribution is 0.0846. The van der Waals surface area contributed by atoms with Crippen molar-refractivity contribution in [3.63, 3.8) is 0 Å². The van der Waals surface area contributed by atoms with Gasteiger partial charge in [-0.2, -0.15) is 0 Å². The number of aryl methyl sites for hydroxylation is 1. The van der Waals surface area contributed by atoms with Crippen molar-refractivity contribution in [1.29, 1.82) is 0 Å². The molecular weight excluding hydrogens is 418 g/mol. The molecule has 0 aromatic heterocycles. The molecule has 0 fully saturated rings. The summed E-state index contributed by atoms with van der Waals surface area (Å²) in [7, 11) is -2.41. The Bertz CT molecular complexity index is 1190. The van der Waals surface area contributed by atoms with E-state index in [1.165, 1.54) is 31.4 Å². The Morgan fingerprint density at radius 2 is 1.42 bits per heavy atom. The zero-order chi connectivity index (χ0) is 22.4. The van der Waals surface area contributed by atoms with E-state index in [0.29, 0.717) is 17.0 Å². The van der Waals surface area contributed by atoms with E-state index < -0.39 is 21.8 Å². The highest BCUT2D eigenvalue weighted by Gasteiger charge is 2.17. The molecule has 3 rings (SSSR count). The fourth-order valence-corrected chi connectivity index (χ4v) is 3.74. The Morgan fingerprint density at radius 3 is 2.03 bits per heavy atom. The Labute approximate surface area is 180 Å². The lowest BCUT2D eigenvalue weighted by atomic mass is 10.1. The first-order valence-electron chi connectivity index (χ1n) is 9.23. The Kier molecular flexibility index (Phi) is 6.56. The van der Waals surface area contributed by atoms with E-state index >= 15 is 0 Å². The third-order valence-electron chi connectivity index (χ3n) is 4.35. The maximum atomic E-state index is 12.7. The van der Waals surface area contributed by atoms with Gasteiger partial charge in [0.15, 0.2) is 0 Å². The molecule has 0 aliphatic carbocycles. The largest absolute Gasteiger partial charge is 0.497 e. The summed E-state index contributed by atoms with van der Waals surface area (Å²) in [6, 6.07) is 18.7. The second-order valence-electron chi connectivity index (χ2n) is 6.64. The molecule has 0 spiro atoms. The quantitative estimate of drug-likeness (QED) is 0.511. The second kappa shape index (κ2) is 9.31. The molecule has 9 heteroatoms. The van der Waals surface area contributed by atoms with Gasteiger partial charge in [-0.15, -0.1) is 0 Å². The fraction of sp³-hybridized carbons (Fsp3) is 0.0909. The molecule has 3 aromatic rings. The second-order valence-corrected chi connectivity index (χ2v) is 8.32. The van der Waals surface area contributed by atoms with Crippen LogP contribution in [0.5, 0.6) is 5.75 Å². The molecule has 8 nitrogen and oxygen atoms in total. The van der Waals surface area contributed by atoms with E-state index in [-0.39, 0.29) is 10.5 Å². The summed E-state index contributed by atoms with van der Waals surface area (Å²) in [5.41, 5.74) is 6.40. The monoisotopic (exact) mass is 439 g/mol. The number of benzene rings is 3. The van der Waals surface area contributed by atoms with E-state index in [1.54, 1.807) is 48.5 Å². The molecule has 160 valence electrons. The van der Waals surface area contributed by atoms with Crippen LogP contribution < -0.4 is 20.3 Å². The van der Waals surface area contributed by atoms with Crippen LogP contribution in [0.4, 0.5) is 5.69 Å². The molecular formula is C22H21N3O5S. The van der Waals surface area contributed by atoms with Gasteiger partial charge in [0.25, 0.3) is 21.8 Å². The lowest BCUT2D eigenvalue weighted by Crippen LogP contribution is -2.41. The number of carbonyl (C=O) groups is 2. The molecule has 0 radical (unpaired) electrons. The Morgan fingerprint density at radius 1 is 0.806 bits per heavy atom. The zero-order valence-electron chi connectivity index (χ0n) is 16.9. The van der Waals surface area contributed by atoms with Crippen molar-refractivity contribution in [2.24, 2.45) is 0 Å². The maximum absolute atomic E-state index is 12.7. The van der Waals surface area contributed by atoms with Gasteiger partial charge >= 0.3 is 0 Å². The first-order valence-corrected chi connectivity index (χ1v) is 10.7. The van der Waals surface area contributed by atoms with Crippen molar-refractivity contribution in [3.8, 4) is 5.75 Å². The van der Waals surface area contributed by atoms with Crippen LogP contribution in [0.2, 0.25) is 0 Å². The van der Waals surface area contributed by atoms with Crippen LogP contribution in [-0.4, -0.2) is 27.3 Å². The normalized spacial score (nSPS) is 10.8. The predicted molar refractivity (Wildman–Crippen MR) is 116 cm³/mol. The smallest absolute Gasteiger partial charge is 0.269 e. The number of hydrogen-bond donors (Lipinski definition) is 3. The molecule has 3 N–H and O–H groups in total. The van der Waals surface area contributed by atoms with Crippen LogP contribution in [0, 0.1) is 6.92 Å². The maximum Gasteiger partial charge on any atom is 0.269 e. The van der Waals surface area contributed by atoms with Gasteiger partial charge in [0.05, 0.1) is 12.0 Å². The molecule has 3 aromatic carbocycles. The predicted octanol–water partition coefficient (Wildman–Crippen LogP) is 2.88. The van der Waals surface area contributed by atoms with Crippen LogP contribution in [-0.2, 0) is 10.0 Å². The summed E-state index contributed by atoms with van der Waals surface area (Å²) in [5.74, 6) is -0.547. The summed E-state index contributed by atoms with van der Waals surface area (Å²) in [6.45, 7) is 1.90. The summed E-state index contributed by atoms with van der Waals surface area (Å²) in [4.78, 5) is 24.4. The molecule has 2 amide bonds. The summed E-state index contributed by atoms with van der Waals surface area (Å²) >= 11 is 0. The number of nitrogens with one attached hydrogen (secondary N) is 3. The van der Waals surface area contributed by atoms with Gasteiger partial charge in [-0.3, -0.25) is 25.2 Å². The van der Waals surface area contributed by atoms with E-state index in [9.17, 15) is 18.0 Å². The van der Waals surface area contributed by atoms with Crippen molar-refractivity contribution >= 4 is 27.5 Å². The Hall–Kier alpha value is -3.85. The zero-order valence-corrected chi connectivity index (χ0v) is 17.7. The molecule has 0 unspecified atom stereocenters. The standard InChI is InChI=1S/C22H21N3O5S/c1-15-6-8-16(9-7-15)21(26)23-24-22(27)17-4-3-5-20(14-17)31(28,29)25-18-10-12-19(30-2)13-11-18/h3-14,25H,1-2H3,(H,23,26)(H,24,27). The molecule has 0 heterocycles. The van der Waals surface area contributed by atoms with Gasteiger partial charge in [-0.25, -0.2) is 8.42 Å². The van der Waals surface area contributed by atoms with Crippen molar-refractivity contribution in [2.75, 3.05) is 11.8 Å². The molecule has 0 bridgehead atoms. The molecule has 31 heavy (non-hydrogen) atoms. The first-order chi connectivity index (χ1) is 14.8. The number of rotatable bonds is 6. The lowest BCUT2D eigenvalue weighted by Gasteiger charge is -2.11. The minimum atomic E-state index is -3.93. The van der Waals surface area contributed by atoms with Crippen molar-refractivity contribution in [3.05, 3.63) is 89.5 Å². The van der Waals surface area contributed by atoms with Gasteiger partial charge in [0, 0.05) is 16.8 Å². The highest BCUT2D eigenvalue weighted by molar-refractivity contribution is 7.92. The van der Waals surface area contributed by atoms with E-state index in [4.69, 9.17) is 4.74 Å². The van der Waals surface area contributed by atoms with Gasteiger partial charge in [0.1, 0.15) is 5.75 Å². The van der Waals surface area contributed by atoms with E-state index in [0.717, 1.165) is 5.56 Å². The van der Waals surface area contributed by atoms with E-state index in [1.807, 2.05) is 6.92 Å². The van der Waals surface area contributed by atoms with Gasteiger partial charge in [0.2, 0.25) is 0 Å². The summed E-state index contributed by atoms with van der Waals surface area (Å²) < 4.78 is 32.8. The highest BCUT2D eigenvalue weighted by Crippen LogP contribution is 2.20. The number of sulfonamides is 1. The number of hydrazine groups is 1. The molecule has 0 saturated heterocycles. The van der Waals surface area contributed by atoms with Crippen molar-refractivity contribution in [2.45, 2.75) is 11.8 Å². The third-order valence-corrected chi connectivity index (χ3v) is 5.73. The number of methoxy groups -OCH3 is 1. The molecule has 0 saturated carbocycles. The molecule has 0 aliphatic rings. The SMILES string of the molecule is COc1ccc(NS(=O)(=O)c2cccc(C(=O)NNC(=O)c3ccc(C)cc3)c2)cc1. The van der Waals surface area contributed by atoms with Crippen molar-refractivity contribution in [1.82, 2.24) is 10.9 Å². The topological polar surface area (TPSA) is 114 Å². The first kappa shape index (κ1) is 21.8. The number of ether oxygens (including phenoxy) is 1. The highest BCUT2D eigenvalue weighted by atomic mass is 32.2. The van der Waals surface area contributed by atoms with Crippen LogP contribution in [0.3, 0.4) is 0 Å². The number of amides is 2. The molecule has 0 aliphatic heterocycles. The third kappa shape index (κ3) is 5.61. The molecule has 0 atom stereocenters. The number of carbonyl (C=O) groups excluding carboxylic acids is 2. The average Bonchev–Trinajstić information content (AvgIpc) is 2.78. The summed E-state index contributed by atoms with van der Waals surface area (Å²) in [6.07, 6.45) is 0. The van der Waals surface area contributed by atoms with Crippen LogP contribution in [0.25, 0.3) is 0 Å². The minimum Gasteiger partial charge on any atom is -0.497 e. The van der Waals surface area contributed by atoms with Gasteiger partial charge in [-0.1, -0.05) is 23.8 Å². The summed E-state index contributed by atoms with van der Waals surface area (Å²) in [5, 5.41) is 0. The number of anilines is 1. The van der Waals surface area contributed by atoms with E-state index in [2.05, 4.69) is 15.6 Å². The Balaban J connectivity index is 1.68. The average molecular weight is 439 g/mol. The van der Waals surface area contributed by atoms with Crippen LogP contribution in [0.1, 0.15) is 26.3 Å². The number of hydrogen-bond acceptors (Lipinski definition) is 5. The van der Waals surface area contributed by atoms with Crippen molar-refractivity contribution < 1.29 is 22.7 Å². The fourth-order valence-electron chi connectivity index (χ4n) is 2.64. The van der Waals surface area contributed by atoms with Gasteiger partial charge in [-0.05, 0) is 61.5 Å². The van der Waals surface area contributed by atoms with Gasteiger partial charge < -0.3 is 4.74 Å². The van der Waals surface area contributed by atoms with Crippen LogP contribution in [0.15, 0.2) is 77.7 Å².